The lowest BCUT2D eigenvalue weighted by molar-refractivity contribution is 0.0122. The number of benzene rings is 2. The van der Waals surface area contributed by atoms with Gasteiger partial charge in [-0.3, -0.25) is 9.80 Å². The maximum Gasteiger partial charge on any atom is 0.410 e. The van der Waals surface area contributed by atoms with Crippen LogP contribution in [0.1, 0.15) is 77.3 Å². The van der Waals surface area contributed by atoms with Crippen molar-refractivity contribution in [1.82, 2.24) is 29.3 Å². The molecule has 0 aliphatic carbocycles. The second-order valence-electron chi connectivity index (χ2n) is 15.0. The number of anilines is 1. The molecule has 0 spiro atoms. The molecule has 2 bridgehead atoms. The molecule has 47 heavy (non-hydrogen) atoms. The van der Waals surface area contributed by atoms with Crippen molar-refractivity contribution in [3.8, 4) is 5.88 Å². The molecule has 0 N–H and O–H groups in total. The van der Waals surface area contributed by atoms with Crippen LogP contribution >= 0.6 is 0 Å². The van der Waals surface area contributed by atoms with Gasteiger partial charge in [-0.25, -0.2) is 9.78 Å². The normalized spacial score (nSPS) is 22.4. The summed E-state index contributed by atoms with van der Waals surface area (Å²) in [7, 11) is 0. The molecule has 4 saturated heterocycles. The van der Waals surface area contributed by atoms with Crippen LogP contribution in [0.5, 0.6) is 5.88 Å². The van der Waals surface area contributed by atoms with Gasteiger partial charge >= 0.3 is 6.09 Å². The van der Waals surface area contributed by atoms with Crippen LogP contribution in [-0.2, 0) is 17.7 Å². The van der Waals surface area contributed by atoms with Crippen molar-refractivity contribution < 1.29 is 14.3 Å². The van der Waals surface area contributed by atoms with Gasteiger partial charge in [0.15, 0.2) is 11.2 Å². The van der Waals surface area contributed by atoms with Crippen LogP contribution < -0.4 is 9.64 Å². The van der Waals surface area contributed by atoms with Gasteiger partial charge in [-0.1, -0.05) is 43.3 Å². The molecular weight excluding hydrogens is 590 g/mol. The first kappa shape index (κ1) is 30.4. The van der Waals surface area contributed by atoms with E-state index in [2.05, 4.69) is 57.7 Å². The van der Waals surface area contributed by atoms with Crippen molar-refractivity contribution in [1.29, 1.82) is 0 Å². The van der Waals surface area contributed by atoms with Crippen molar-refractivity contribution in [3.63, 3.8) is 0 Å². The van der Waals surface area contributed by atoms with Crippen molar-refractivity contribution in [3.05, 3.63) is 53.9 Å². The fraction of sp³-hybridized carbons (Fsp3) is 0.568. The highest BCUT2D eigenvalue weighted by Crippen LogP contribution is 2.40. The Morgan fingerprint density at radius 2 is 1.68 bits per heavy atom. The van der Waals surface area contributed by atoms with Gasteiger partial charge in [-0.15, -0.1) is 0 Å². The molecule has 2 aromatic carbocycles. The minimum atomic E-state index is -0.526. The molecule has 4 aliphatic rings. The Morgan fingerprint density at radius 3 is 2.36 bits per heavy atom. The van der Waals surface area contributed by atoms with E-state index < -0.39 is 5.60 Å². The molecule has 4 aliphatic heterocycles. The standard InChI is InChI=1S/C37H47N7O3/c1-5-25-10-6-11-26-12-7-13-27(30(25)26)20-42-24-38-31-32(42)39-34(40-33(31)46-23-37-16-8-18-43(37)19-9-17-37)41-21-28-14-15-29(22-41)44(28)35(45)47-36(2,3)4/h6-7,10-13,24,28-29H,5,8-9,14-23H2,1-4H3. The van der Waals surface area contributed by atoms with E-state index in [-0.39, 0.29) is 23.7 Å². The van der Waals surface area contributed by atoms with Crippen LogP contribution in [0.25, 0.3) is 21.9 Å². The lowest BCUT2D eigenvalue weighted by atomic mass is 9.95. The van der Waals surface area contributed by atoms with E-state index >= 15 is 0 Å². The highest BCUT2D eigenvalue weighted by molar-refractivity contribution is 5.89. The fourth-order valence-corrected chi connectivity index (χ4v) is 8.72. The van der Waals surface area contributed by atoms with E-state index in [9.17, 15) is 4.79 Å². The Kier molecular flexibility index (Phi) is 7.54. The number of rotatable bonds is 7. The van der Waals surface area contributed by atoms with Gasteiger partial charge in [-0.05, 0) is 101 Å². The molecule has 0 saturated carbocycles. The zero-order valence-electron chi connectivity index (χ0n) is 28.2. The minimum Gasteiger partial charge on any atom is -0.474 e. The molecule has 248 valence electrons. The van der Waals surface area contributed by atoms with Gasteiger partial charge < -0.3 is 18.9 Å². The van der Waals surface area contributed by atoms with Gasteiger partial charge in [0.2, 0.25) is 11.8 Å². The number of aromatic nitrogens is 4. The number of hydrogen-bond donors (Lipinski definition) is 0. The number of amides is 1. The Bertz CT molecular complexity index is 1780. The molecule has 0 radical (unpaired) electrons. The maximum absolute atomic E-state index is 13.2. The second-order valence-corrected chi connectivity index (χ2v) is 15.0. The summed E-state index contributed by atoms with van der Waals surface area (Å²) < 4.78 is 14.7. The molecule has 10 nitrogen and oxygen atoms in total. The summed E-state index contributed by atoms with van der Waals surface area (Å²) in [5.41, 5.74) is 3.65. The van der Waals surface area contributed by atoms with Crippen LogP contribution in [0.3, 0.4) is 0 Å². The van der Waals surface area contributed by atoms with Crippen molar-refractivity contribution in [2.45, 2.75) is 102 Å². The van der Waals surface area contributed by atoms with E-state index in [4.69, 9.17) is 24.4 Å². The Hall–Kier alpha value is -3.92. The van der Waals surface area contributed by atoms with Gasteiger partial charge in [-0.2, -0.15) is 9.97 Å². The smallest absolute Gasteiger partial charge is 0.410 e. The molecule has 1 amide bonds. The summed E-state index contributed by atoms with van der Waals surface area (Å²) in [5.74, 6) is 1.21. The average molecular weight is 638 g/mol. The third-order valence-corrected chi connectivity index (χ3v) is 10.9. The van der Waals surface area contributed by atoms with Gasteiger partial charge in [0.1, 0.15) is 12.2 Å². The quantitative estimate of drug-likeness (QED) is 0.237. The van der Waals surface area contributed by atoms with Crippen LogP contribution in [0.15, 0.2) is 42.7 Å². The summed E-state index contributed by atoms with van der Waals surface area (Å²) in [6.07, 6.45) is 9.31. The number of hydrogen-bond acceptors (Lipinski definition) is 8. The largest absolute Gasteiger partial charge is 0.474 e. The van der Waals surface area contributed by atoms with Gasteiger partial charge in [0.25, 0.3) is 0 Å². The number of ether oxygens (including phenoxy) is 2. The number of nitrogens with zero attached hydrogens (tertiary/aromatic N) is 7. The minimum absolute atomic E-state index is 0.0600. The number of imidazole rings is 1. The van der Waals surface area contributed by atoms with Crippen LogP contribution in [0.4, 0.5) is 10.7 Å². The Morgan fingerprint density at radius 1 is 0.979 bits per heavy atom. The van der Waals surface area contributed by atoms with Crippen LogP contribution in [0.2, 0.25) is 0 Å². The highest BCUT2D eigenvalue weighted by atomic mass is 16.6. The predicted molar refractivity (Wildman–Crippen MR) is 183 cm³/mol. The summed E-state index contributed by atoms with van der Waals surface area (Å²) in [5, 5.41) is 2.56. The number of aryl methyl sites for hydroxylation is 1. The first-order chi connectivity index (χ1) is 22.7. The SMILES string of the molecule is CCc1cccc2cccc(Cn3cnc4c(OCC56CCCN5CCC6)nc(N5CC6CCC(C5)N6C(=O)OC(C)(C)C)nc43)c12. The molecule has 2 atom stereocenters. The number of carbonyl (C=O) groups is 1. The van der Waals surface area contributed by atoms with E-state index in [0.29, 0.717) is 43.6 Å². The summed E-state index contributed by atoms with van der Waals surface area (Å²) >= 11 is 0. The lowest BCUT2D eigenvalue weighted by Gasteiger charge is -2.41. The molecule has 4 fully saturated rings. The maximum atomic E-state index is 13.2. The monoisotopic (exact) mass is 637 g/mol. The molecule has 2 aromatic heterocycles. The van der Waals surface area contributed by atoms with Crippen molar-refractivity contribution in [2.75, 3.05) is 37.7 Å². The van der Waals surface area contributed by atoms with E-state index in [1.165, 1.54) is 47.6 Å². The Labute approximate surface area is 277 Å². The molecule has 10 heteroatoms. The molecule has 2 unspecified atom stereocenters. The predicted octanol–water partition coefficient (Wildman–Crippen LogP) is 6.19. The van der Waals surface area contributed by atoms with Crippen molar-refractivity contribution in [2.24, 2.45) is 0 Å². The first-order valence-corrected chi connectivity index (χ1v) is 17.6. The zero-order valence-corrected chi connectivity index (χ0v) is 28.2. The third-order valence-electron chi connectivity index (χ3n) is 10.9. The van der Waals surface area contributed by atoms with Crippen LogP contribution in [-0.4, -0.2) is 91.4 Å². The Balaban J connectivity index is 1.15. The van der Waals surface area contributed by atoms with Crippen molar-refractivity contribution >= 4 is 34.0 Å². The number of carbonyl (C=O) groups excluding carboxylic acids is 1. The summed E-state index contributed by atoms with van der Waals surface area (Å²) in [6, 6.07) is 13.2. The average Bonchev–Trinajstić information content (AvgIpc) is 3.80. The van der Waals surface area contributed by atoms with Gasteiger partial charge in [0.05, 0.1) is 30.5 Å². The van der Waals surface area contributed by atoms with E-state index in [0.717, 1.165) is 38.0 Å². The molecule has 6 heterocycles. The van der Waals surface area contributed by atoms with Gasteiger partial charge in [0, 0.05) is 13.1 Å². The molecule has 4 aromatic rings. The molecular formula is C37H47N7O3. The molecule has 8 rings (SSSR count). The first-order valence-electron chi connectivity index (χ1n) is 17.6. The lowest BCUT2D eigenvalue weighted by Crippen LogP contribution is -2.57. The number of piperazine rings is 1. The summed E-state index contributed by atoms with van der Waals surface area (Å²) in [6.45, 7) is 12.9. The number of fused-ring (bicyclic) bond motifs is 5. The second kappa shape index (κ2) is 11.6. The fourth-order valence-electron chi connectivity index (χ4n) is 8.72. The topological polar surface area (TPSA) is 88.9 Å². The summed E-state index contributed by atoms with van der Waals surface area (Å²) in [4.78, 5) is 35.2. The zero-order chi connectivity index (χ0) is 32.3. The third kappa shape index (κ3) is 5.48. The van der Waals surface area contributed by atoms with Crippen LogP contribution in [0, 0.1) is 0 Å². The highest BCUT2D eigenvalue weighted by Gasteiger charge is 2.46. The van der Waals surface area contributed by atoms with E-state index in [1.54, 1.807) is 0 Å². The van der Waals surface area contributed by atoms with E-state index in [1.807, 2.05) is 32.0 Å².